The minimum Gasteiger partial charge on any atom is -0.451 e. The molecule has 1 N–H and O–H groups in total. The molecular weight excluding hydrogens is 340 g/mol. The quantitative estimate of drug-likeness (QED) is 0.677. The van der Waals surface area contributed by atoms with Crippen molar-refractivity contribution < 1.29 is 14.3 Å². The van der Waals surface area contributed by atoms with Gasteiger partial charge in [0.2, 0.25) is 0 Å². The summed E-state index contributed by atoms with van der Waals surface area (Å²) in [6, 6.07) is 18.8. The number of nitrogens with one attached hydrogen (secondary N) is 1. The highest BCUT2D eigenvalue weighted by Crippen LogP contribution is 2.14. The lowest BCUT2D eigenvalue weighted by atomic mass is 10.1. The van der Waals surface area contributed by atoms with Gasteiger partial charge in [0.1, 0.15) is 5.69 Å². The maximum Gasteiger partial charge on any atom is 0.357 e. The number of carbonyl (C=O) groups is 2. The van der Waals surface area contributed by atoms with Gasteiger partial charge in [0, 0.05) is 5.39 Å². The van der Waals surface area contributed by atoms with Gasteiger partial charge in [-0.1, -0.05) is 55.5 Å². The molecule has 0 aliphatic heterocycles. The van der Waals surface area contributed by atoms with Crippen LogP contribution in [0.3, 0.4) is 0 Å². The van der Waals surface area contributed by atoms with E-state index in [4.69, 9.17) is 4.74 Å². The number of carbonyl (C=O) groups excluding carboxylic acids is 2. The minimum atomic E-state index is -0.615. The predicted molar refractivity (Wildman–Crippen MR) is 104 cm³/mol. The van der Waals surface area contributed by atoms with E-state index < -0.39 is 5.97 Å². The maximum absolute atomic E-state index is 12.2. The predicted octanol–water partition coefficient (Wildman–Crippen LogP) is 3.83. The normalized spacial score (nSPS) is 11.8. The van der Waals surface area contributed by atoms with Crippen LogP contribution in [0.5, 0.6) is 0 Å². The van der Waals surface area contributed by atoms with Gasteiger partial charge in [-0.05, 0) is 36.6 Å². The smallest absolute Gasteiger partial charge is 0.357 e. The Kier molecular flexibility index (Phi) is 5.81. The molecule has 3 aromatic rings. The van der Waals surface area contributed by atoms with Crippen LogP contribution in [0.15, 0.2) is 60.7 Å². The van der Waals surface area contributed by atoms with Crippen molar-refractivity contribution in [1.82, 2.24) is 10.3 Å². The van der Waals surface area contributed by atoms with Crippen molar-refractivity contribution in [1.29, 1.82) is 0 Å². The fourth-order valence-corrected chi connectivity index (χ4v) is 2.79. The molecule has 0 saturated carbocycles. The van der Waals surface area contributed by atoms with E-state index >= 15 is 0 Å². The van der Waals surface area contributed by atoms with Gasteiger partial charge in [-0.3, -0.25) is 4.79 Å². The highest BCUT2D eigenvalue weighted by atomic mass is 16.5. The molecule has 27 heavy (non-hydrogen) atoms. The number of benzene rings is 2. The maximum atomic E-state index is 12.2. The monoisotopic (exact) mass is 362 g/mol. The first-order chi connectivity index (χ1) is 13.1. The van der Waals surface area contributed by atoms with Gasteiger partial charge in [-0.15, -0.1) is 0 Å². The van der Waals surface area contributed by atoms with E-state index in [9.17, 15) is 9.59 Å². The number of amides is 1. The molecule has 0 aliphatic rings. The number of ether oxygens (including phenoxy) is 1. The number of rotatable bonds is 6. The summed E-state index contributed by atoms with van der Waals surface area (Å²) < 4.78 is 5.10. The number of esters is 1. The molecule has 0 aliphatic carbocycles. The van der Waals surface area contributed by atoms with Gasteiger partial charge in [-0.2, -0.15) is 0 Å². The van der Waals surface area contributed by atoms with Gasteiger partial charge >= 0.3 is 5.97 Å². The van der Waals surface area contributed by atoms with Gasteiger partial charge in [0.05, 0.1) is 11.6 Å². The summed E-state index contributed by atoms with van der Waals surface area (Å²) in [6.07, 6.45) is 0.972. The first-order valence-corrected chi connectivity index (χ1v) is 8.98. The Morgan fingerprint density at radius 1 is 1.04 bits per heavy atom. The third-order valence-electron chi connectivity index (χ3n) is 4.41. The fourth-order valence-electron chi connectivity index (χ4n) is 2.79. The van der Waals surface area contributed by atoms with Crippen molar-refractivity contribution in [2.75, 3.05) is 6.61 Å². The third kappa shape index (κ3) is 4.70. The molecule has 0 bridgehead atoms. The van der Waals surface area contributed by atoms with Crippen LogP contribution in [-0.4, -0.2) is 23.5 Å². The van der Waals surface area contributed by atoms with Crippen LogP contribution in [0.25, 0.3) is 10.9 Å². The Morgan fingerprint density at radius 3 is 2.52 bits per heavy atom. The molecule has 1 heterocycles. The minimum absolute atomic E-state index is 0.166. The number of hydrogen-bond acceptors (Lipinski definition) is 4. The number of fused-ring (bicyclic) bond motifs is 1. The summed E-state index contributed by atoms with van der Waals surface area (Å²) in [5.41, 5.74) is 3.14. The van der Waals surface area contributed by atoms with Gasteiger partial charge in [0.15, 0.2) is 6.61 Å². The zero-order valence-electron chi connectivity index (χ0n) is 15.4. The molecule has 0 saturated heterocycles. The average Bonchev–Trinajstić information content (AvgIpc) is 2.71. The Balaban J connectivity index is 1.54. The number of hydrogen-bond donors (Lipinski definition) is 1. The molecule has 0 spiro atoms. The Bertz CT molecular complexity index is 951. The van der Waals surface area contributed by atoms with E-state index in [-0.39, 0.29) is 24.2 Å². The molecule has 5 heteroatoms. The third-order valence-corrected chi connectivity index (χ3v) is 4.41. The number of aromatic nitrogens is 1. The Morgan fingerprint density at radius 2 is 1.78 bits per heavy atom. The lowest BCUT2D eigenvalue weighted by Gasteiger charge is -2.15. The average molecular weight is 362 g/mol. The molecular formula is C22H22N2O3. The SMILES string of the molecule is CCc1ccc([C@@H](C)NC(=O)COC(=O)c2ccc3ccccc3n2)cc1. The lowest BCUT2D eigenvalue weighted by Crippen LogP contribution is -2.31. The highest BCUT2D eigenvalue weighted by Gasteiger charge is 2.14. The van der Waals surface area contributed by atoms with Gasteiger partial charge < -0.3 is 10.1 Å². The summed E-state index contributed by atoms with van der Waals surface area (Å²) >= 11 is 0. The first kappa shape index (κ1) is 18.6. The molecule has 3 rings (SSSR count). The largest absolute Gasteiger partial charge is 0.451 e. The second-order valence-corrected chi connectivity index (χ2v) is 6.35. The highest BCUT2D eigenvalue weighted by molar-refractivity contribution is 5.92. The second kappa shape index (κ2) is 8.45. The van der Waals surface area contributed by atoms with Crippen molar-refractivity contribution in [3.8, 4) is 0 Å². The molecule has 5 nitrogen and oxygen atoms in total. The number of pyridine rings is 1. The number of para-hydroxylation sites is 1. The van der Waals surface area contributed by atoms with E-state index in [1.165, 1.54) is 5.56 Å². The van der Waals surface area contributed by atoms with Crippen LogP contribution in [-0.2, 0) is 16.0 Å². The number of aryl methyl sites for hydroxylation is 1. The van der Waals surface area contributed by atoms with Crippen LogP contribution >= 0.6 is 0 Å². The van der Waals surface area contributed by atoms with Crippen LogP contribution < -0.4 is 5.32 Å². The molecule has 138 valence electrons. The summed E-state index contributed by atoms with van der Waals surface area (Å²) in [5.74, 6) is -0.966. The fraction of sp³-hybridized carbons (Fsp3) is 0.227. The first-order valence-electron chi connectivity index (χ1n) is 8.98. The van der Waals surface area contributed by atoms with E-state index in [1.54, 1.807) is 12.1 Å². The van der Waals surface area contributed by atoms with E-state index in [0.717, 1.165) is 17.4 Å². The molecule has 0 unspecified atom stereocenters. The lowest BCUT2D eigenvalue weighted by molar-refractivity contribution is -0.124. The van der Waals surface area contributed by atoms with Crippen molar-refractivity contribution in [3.63, 3.8) is 0 Å². The zero-order valence-corrected chi connectivity index (χ0v) is 15.4. The molecule has 2 aromatic carbocycles. The molecule has 1 aromatic heterocycles. The Labute approximate surface area is 158 Å². The van der Waals surface area contributed by atoms with Crippen molar-refractivity contribution >= 4 is 22.8 Å². The van der Waals surface area contributed by atoms with Crippen molar-refractivity contribution in [3.05, 3.63) is 77.5 Å². The zero-order chi connectivity index (χ0) is 19.2. The van der Waals surface area contributed by atoms with Crippen LogP contribution in [0, 0.1) is 0 Å². The van der Waals surface area contributed by atoms with E-state index in [2.05, 4.69) is 17.2 Å². The van der Waals surface area contributed by atoms with Gasteiger partial charge in [0.25, 0.3) is 5.91 Å². The topological polar surface area (TPSA) is 68.3 Å². The van der Waals surface area contributed by atoms with Crippen molar-refractivity contribution in [2.24, 2.45) is 0 Å². The summed E-state index contributed by atoms with van der Waals surface area (Å²) in [7, 11) is 0. The van der Waals surface area contributed by atoms with Crippen LogP contribution in [0.4, 0.5) is 0 Å². The van der Waals surface area contributed by atoms with E-state index in [1.807, 2.05) is 55.5 Å². The molecule has 1 amide bonds. The van der Waals surface area contributed by atoms with Crippen molar-refractivity contribution in [2.45, 2.75) is 26.3 Å². The van der Waals surface area contributed by atoms with Crippen LogP contribution in [0.2, 0.25) is 0 Å². The summed E-state index contributed by atoms with van der Waals surface area (Å²) in [6.45, 7) is 3.65. The second-order valence-electron chi connectivity index (χ2n) is 6.35. The van der Waals surface area contributed by atoms with Crippen LogP contribution in [0.1, 0.15) is 41.5 Å². The Hall–Kier alpha value is -3.21. The molecule has 0 fully saturated rings. The van der Waals surface area contributed by atoms with E-state index in [0.29, 0.717) is 5.52 Å². The summed E-state index contributed by atoms with van der Waals surface area (Å²) in [5, 5.41) is 3.77. The van der Waals surface area contributed by atoms with Gasteiger partial charge in [-0.25, -0.2) is 9.78 Å². The standard InChI is InChI=1S/C22H22N2O3/c1-3-16-8-10-17(11-9-16)15(2)23-21(25)14-27-22(26)20-13-12-18-6-4-5-7-19(18)24-20/h4-13,15H,3,14H2,1-2H3,(H,23,25)/t15-/m1/s1. The molecule has 1 atom stereocenters. The number of nitrogens with zero attached hydrogens (tertiary/aromatic N) is 1. The summed E-state index contributed by atoms with van der Waals surface area (Å²) in [4.78, 5) is 28.5. The molecule has 0 radical (unpaired) electrons.